The summed E-state index contributed by atoms with van der Waals surface area (Å²) in [7, 11) is 0. The first-order valence-corrected chi connectivity index (χ1v) is 3.35. The van der Waals surface area contributed by atoms with Crippen LogP contribution in [-0.4, -0.2) is 10.1 Å². The van der Waals surface area contributed by atoms with Crippen LogP contribution in [-0.2, 0) is 0 Å². The van der Waals surface area contributed by atoms with Gasteiger partial charge in [-0.05, 0) is 19.4 Å². The summed E-state index contributed by atoms with van der Waals surface area (Å²) >= 11 is 0. The van der Waals surface area contributed by atoms with Gasteiger partial charge in [-0.1, -0.05) is 12.1 Å². The van der Waals surface area contributed by atoms with Crippen molar-refractivity contribution >= 4 is 5.69 Å². The summed E-state index contributed by atoms with van der Waals surface area (Å²) in [6.45, 7) is 3.69. The molecule has 1 aromatic carbocycles. The van der Waals surface area contributed by atoms with Crippen molar-refractivity contribution < 1.29 is 10.1 Å². The number of aryl methyl sites for hydroxylation is 1. The summed E-state index contributed by atoms with van der Waals surface area (Å²) < 4.78 is 0. The third kappa shape index (κ3) is 1.37. The van der Waals surface area contributed by atoms with Crippen LogP contribution in [0.4, 0.5) is 5.69 Å². The van der Waals surface area contributed by atoms with E-state index in [0.717, 1.165) is 11.1 Å². The van der Waals surface area contributed by atoms with Gasteiger partial charge >= 0.3 is 5.69 Å². The van der Waals surface area contributed by atoms with E-state index in [1.54, 1.807) is 19.1 Å². The van der Waals surface area contributed by atoms with Crippen LogP contribution in [0.15, 0.2) is 18.2 Å². The molecule has 58 valence electrons. The Labute approximate surface area is 64.8 Å². The molecular weight excluding hydrogens is 142 g/mol. The van der Waals surface area contributed by atoms with Gasteiger partial charge in [-0.3, -0.25) is 0 Å². The fraction of sp³-hybridized carbons (Fsp3) is 0.250. The second-order valence-electron chi connectivity index (χ2n) is 2.49. The molecule has 0 aliphatic heterocycles. The predicted octanol–water partition coefficient (Wildman–Crippen LogP) is 2.10. The van der Waals surface area contributed by atoms with E-state index in [0.29, 0.717) is 5.69 Å². The van der Waals surface area contributed by atoms with Crippen molar-refractivity contribution in [3.63, 3.8) is 0 Å². The van der Waals surface area contributed by atoms with Crippen LogP contribution < -0.4 is 0 Å². The summed E-state index contributed by atoms with van der Waals surface area (Å²) in [6, 6.07) is 5.20. The Bertz CT molecular complexity index is 294. The third-order valence-electron chi connectivity index (χ3n) is 1.78. The van der Waals surface area contributed by atoms with E-state index in [9.17, 15) is 4.91 Å². The molecule has 0 radical (unpaired) electrons. The minimum atomic E-state index is -0.109. The Morgan fingerprint density at radius 2 is 2.00 bits per heavy atom. The lowest BCUT2D eigenvalue weighted by Crippen LogP contribution is -1.95. The molecule has 1 N–H and O–H groups in total. The first kappa shape index (κ1) is 7.72. The highest BCUT2D eigenvalue weighted by atomic mass is 16.6. The van der Waals surface area contributed by atoms with Gasteiger partial charge in [0.05, 0.1) is 4.91 Å². The van der Waals surface area contributed by atoms with Crippen molar-refractivity contribution in [3.8, 4) is 0 Å². The van der Waals surface area contributed by atoms with Crippen LogP contribution in [0.1, 0.15) is 11.1 Å². The molecule has 0 heterocycles. The van der Waals surface area contributed by atoms with Gasteiger partial charge < -0.3 is 0 Å². The molecule has 0 saturated carbocycles. The Kier molecular flexibility index (Phi) is 1.89. The Morgan fingerprint density at radius 1 is 1.36 bits per heavy atom. The molecule has 0 saturated heterocycles. The standard InChI is InChI=1S/C8H10NO2/c1-6-4-3-5-8(7(6)2)9(10)11/h3-5H,1-2H3,(H,10,11)/q+1. The quantitative estimate of drug-likeness (QED) is 0.626. The van der Waals surface area contributed by atoms with E-state index >= 15 is 0 Å². The Hall–Kier alpha value is -1.38. The summed E-state index contributed by atoms with van der Waals surface area (Å²) in [5.41, 5.74) is 2.12. The highest BCUT2D eigenvalue weighted by Gasteiger charge is 2.15. The maximum atomic E-state index is 10.5. The van der Waals surface area contributed by atoms with Crippen LogP contribution in [0.2, 0.25) is 0 Å². The molecule has 0 aliphatic rings. The number of benzene rings is 1. The predicted molar refractivity (Wildman–Crippen MR) is 41.0 cm³/mol. The van der Waals surface area contributed by atoms with Gasteiger partial charge in [0.25, 0.3) is 4.92 Å². The van der Waals surface area contributed by atoms with Crippen LogP contribution in [0, 0.1) is 18.8 Å². The average molecular weight is 152 g/mol. The van der Waals surface area contributed by atoms with Gasteiger partial charge in [-0.2, -0.15) is 0 Å². The maximum absolute atomic E-state index is 10.5. The summed E-state index contributed by atoms with van der Waals surface area (Å²) in [5, 5.41) is 8.61. The molecule has 0 fully saturated rings. The topological polar surface area (TPSA) is 40.3 Å². The van der Waals surface area contributed by atoms with E-state index in [4.69, 9.17) is 5.21 Å². The number of hydrogen-bond acceptors (Lipinski definition) is 1. The summed E-state index contributed by atoms with van der Waals surface area (Å²) in [4.78, 5) is 10.4. The van der Waals surface area contributed by atoms with Crippen molar-refractivity contribution in [1.29, 1.82) is 0 Å². The van der Waals surface area contributed by atoms with Crippen LogP contribution in [0.3, 0.4) is 0 Å². The second kappa shape index (κ2) is 2.70. The van der Waals surface area contributed by atoms with E-state index in [2.05, 4.69) is 0 Å². The van der Waals surface area contributed by atoms with Crippen molar-refractivity contribution in [2.24, 2.45) is 0 Å². The van der Waals surface area contributed by atoms with Gasteiger partial charge in [0.1, 0.15) is 0 Å². The first-order valence-electron chi connectivity index (χ1n) is 3.35. The lowest BCUT2D eigenvalue weighted by Gasteiger charge is -1.95. The Balaban J connectivity index is 3.27. The largest absolute Gasteiger partial charge is 0.319 e. The van der Waals surface area contributed by atoms with E-state index < -0.39 is 0 Å². The first-order chi connectivity index (χ1) is 5.13. The Morgan fingerprint density at radius 3 is 2.45 bits per heavy atom. The second-order valence-corrected chi connectivity index (χ2v) is 2.49. The molecular formula is C8H10NO2+. The molecule has 0 aliphatic carbocycles. The summed E-state index contributed by atoms with van der Waals surface area (Å²) in [6.07, 6.45) is 0. The molecule has 0 amide bonds. The minimum absolute atomic E-state index is 0.109. The van der Waals surface area contributed by atoms with E-state index in [-0.39, 0.29) is 4.92 Å². The van der Waals surface area contributed by atoms with Crippen molar-refractivity contribution in [2.75, 3.05) is 0 Å². The zero-order valence-corrected chi connectivity index (χ0v) is 6.53. The zero-order valence-electron chi connectivity index (χ0n) is 6.53. The van der Waals surface area contributed by atoms with Crippen LogP contribution in [0.25, 0.3) is 0 Å². The number of nitrogens with zero attached hydrogens (tertiary/aromatic N) is 1. The van der Waals surface area contributed by atoms with Gasteiger partial charge in [-0.25, -0.2) is 5.21 Å². The van der Waals surface area contributed by atoms with Crippen LogP contribution in [0.5, 0.6) is 0 Å². The number of rotatable bonds is 1. The van der Waals surface area contributed by atoms with E-state index in [1.165, 1.54) is 0 Å². The molecule has 0 aromatic heterocycles. The third-order valence-corrected chi connectivity index (χ3v) is 1.78. The van der Waals surface area contributed by atoms with Crippen molar-refractivity contribution in [1.82, 2.24) is 0 Å². The van der Waals surface area contributed by atoms with Crippen LogP contribution >= 0.6 is 0 Å². The average Bonchev–Trinajstić information content (AvgIpc) is 1.94. The summed E-state index contributed by atoms with van der Waals surface area (Å²) in [5.74, 6) is 0. The molecule has 11 heavy (non-hydrogen) atoms. The molecule has 0 spiro atoms. The SMILES string of the molecule is Cc1cccc([N+](=O)O)c1C. The lowest BCUT2D eigenvalue weighted by atomic mass is 10.1. The molecule has 0 atom stereocenters. The molecule has 3 heteroatoms. The highest BCUT2D eigenvalue weighted by molar-refractivity contribution is 5.43. The van der Waals surface area contributed by atoms with Gasteiger partial charge in [0.2, 0.25) is 0 Å². The molecule has 3 nitrogen and oxygen atoms in total. The fourth-order valence-corrected chi connectivity index (χ4v) is 0.943. The molecule has 0 bridgehead atoms. The normalized spacial score (nSPS) is 9.64. The number of hydrogen-bond donors (Lipinski definition) is 1. The van der Waals surface area contributed by atoms with Crippen molar-refractivity contribution in [2.45, 2.75) is 13.8 Å². The minimum Gasteiger partial charge on any atom is -0.241 e. The molecule has 1 rings (SSSR count). The molecule has 0 unspecified atom stereocenters. The maximum Gasteiger partial charge on any atom is 0.319 e. The van der Waals surface area contributed by atoms with Gasteiger partial charge in [-0.15, -0.1) is 0 Å². The van der Waals surface area contributed by atoms with E-state index in [1.807, 2.05) is 13.0 Å². The zero-order chi connectivity index (χ0) is 8.43. The van der Waals surface area contributed by atoms with Gasteiger partial charge in [0.15, 0.2) is 0 Å². The highest BCUT2D eigenvalue weighted by Crippen LogP contribution is 2.18. The molecule has 1 aromatic rings. The monoisotopic (exact) mass is 152 g/mol. The lowest BCUT2D eigenvalue weighted by molar-refractivity contribution is -0.730. The smallest absolute Gasteiger partial charge is 0.241 e. The fourth-order valence-electron chi connectivity index (χ4n) is 0.943. The van der Waals surface area contributed by atoms with Gasteiger partial charge in [0, 0.05) is 11.6 Å². The van der Waals surface area contributed by atoms with Crippen molar-refractivity contribution in [3.05, 3.63) is 34.2 Å².